The average molecular weight is 360 g/mol. The molecule has 1 N–H and O–H groups in total. The average Bonchev–Trinajstić information content (AvgIpc) is 3.11. The summed E-state index contributed by atoms with van der Waals surface area (Å²) in [4.78, 5) is 14.0. The van der Waals surface area contributed by atoms with Gasteiger partial charge in [0.05, 0.1) is 6.54 Å². The molecule has 0 aliphatic carbocycles. The SMILES string of the molecule is CCN(Cc1ccc2c(c1)OCO2)C(=O)NCCOc1cccc(F)c1. The number of ether oxygens (including phenoxy) is 3. The van der Waals surface area contributed by atoms with Gasteiger partial charge in [0.2, 0.25) is 6.79 Å². The van der Waals surface area contributed by atoms with Crippen molar-refractivity contribution in [1.82, 2.24) is 10.2 Å². The highest BCUT2D eigenvalue weighted by atomic mass is 19.1. The molecule has 1 heterocycles. The molecule has 0 radical (unpaired) electrons. The molecule has 3 rings (SSSR count). The lowest BCUT2D eigenvalue weighted by Gasteiger charge is -2.21. The first-order valence-corrected chi connectivity index (χ1v) is 8.45. The molecule has 2 amide bonds. The van der Waals surface area contributed by atoms with E-state index in [1.807, 2.05) is 25.1 Å². The lowest BCUT2D eigenvalue weighted by molar-refractivity contribution is 0.173. The molecular formula is C19H21FN2O4. The summed E-state index contributed by atoms with van der Waals surface area (Å²) in [6.45, 7) is 3.75. The summed E-state index contributed by atoms with van der Waals surface area (Å²) in [5, 5.41) is 2.80. The molecule has 1 aliphatic rings. The van der Waals surface area contributed by atoms with Crippen LogP contribution in [0.2, 0.25) is 0 Å². The highest BCUT2D eigenvalue weighted by molar-refractivity contribution is 5.74. The van der Waals surface area contributed by atoms with Gasteiger partial charge in [0.15, 0.2) is 11.5 Å². The fraction of sp³-hybridized carbons (Fsp3) is 0.316. The number of carbonyl (C=O) groups is 1. The number of nitrogens with zero attached hydrogens (tertiary/aromatic N) is 1. The van der Waals surface area contributed by atoms with Gasteiger partial charge in [-0.1, -0.05) is 12.1 Å². The molecule has 0 bridgehead atoms. The summed E-state index contributed by atoms with van der Waals surface area (Å²) >= 11 is 0. The van der Waals surface area contributed by atoms with Gasteiger partial charge in [0.1, 0.15) is 18.2 Å². The number of carbonyl (C=O) groups excluding carboxylic acids is 1. The number of halogens is 1. The Morgan fingerprint density at radius 2 is 2.08 bits per heavy atom. The van der Waals surface area contributed by atoms with Gasteiger partial charge in [-0.05, 0) is 36.8 Å². The highest BCUT2D eigenvalue weighted by Crippen LogP contribution is 2.32. The number of hydrogen-bond donors (Lipinski definition) is 1. The van der Waals surface area contributed by atoms with Gasteiger partial charge >= 0.3 is 6.03 Å². The van der Waals surface area contributed by atoms with Gasteiger partial charge in [-0.25, -0.2) is 9.18 Å². The molecule has 7 heteroatoms. The second-order valence-electron chi connectivity index (χ2n) is 5.74. The molecule has 0 aromatic heterocycles. The standard InChI is InChI=1S/C19H21FN2O4/c1-2-22(12-14-6-7-17-18(10-14)26-13-25-17)19(23)21-8-9-24-16-5-3-4-15(20)11-16/h3-7,10-11H,2,8-9,12-13H2,1H3,(H,21,23). The second kappa shape index (κ2) is 8.42. The number of fused-ring (bicyclic) bond motifs is 1. The number of rotatable bonds is 7. The van der Waals surface area contributed by atoms with Crippen LogP contribution < -0.4 is 19.5 Å². The summed E-state index contributed by atoms with van der Waals surface area (Å²) in [5.41, 5.74) is 0.960. The van der Waals surface area contributed by atoms with E-state index in [1.165, 1.54) is 12.1 Å². The first kappa shape index (κ1) is 17.8. The topological polar surface area (TPSA) is 60.0 Å². The van der Waals surface area contributed by atoms with Crippen molar-refractivity contribution in [2.24, 2.45) is 0 Å². The zero-order valence-electron chi connectivity index (χ0n) is 14.5. The van der Waals surface area contributed by atoms with E-state index < -0.39 is 0 Å². The minimum absolute atomic E-state index is 0.187. The summed E-state index contributed by atoms with van der Waals surface area (Å²) < 4.78 is 29.1. The minimum Gasteiger partial charge on any atom is -0.492 e. The van der Waals surface area contributed by atoms with Crippen LogP contribution in [0.3, 0.4) is 0 Å². The van der Waals surface area contributed by atoms with Crippen LogP contribution in [-0.2, 0) is 6.54 Å². The first-order valence-electron chi connectivity index (χ1n) is 8.45. The van der Waals surface area contributed by atoms with Gasteiger partial charge in [-0.15, -0.1) is 0 Å². The van der Waals surface area contributed by atoms with Crippen LogP contribution in [0.5, 0.6) is 17.2 Å². The van der Waals surface area contributed by atoms with Crippen molar-refractivity contribution in [2.75, 3.05) is 26.5 Å². The molecule has 2 aromatic carbocycles. The minimum atomic E-state index is -0.354. The zero-order valence-corrected chi connectivity index (χ0v) is 14.5. The molecule has 0 fully saturated rings. The number of nitrogens with one attached hydrogen (secondary N) is 1. The van der Waals surface area contributed by atoms with Crippen molar-refractivity contribution >= 4 is 6.03 Å². The zero-order chi connectivity index (χ0) is 18.4. The Labute approximate surface area is 151 Å². The van der Waals surface area contributed by atoms with Crippen LogP contribution in [0, 0.1) is 5.82 Å². The van der Waals surface area contributed by atoms with E-state index in [9.17, 15) is 9.18 Å². The fourth-order valence-corrected chi connectivity index (χ4v) is 2.58. The Bertz CT molecular complexity index is 769. The van der Waals surface area contributed by atoms with Crippen LogP contribution >= 0.6 is 0 Å². The van der Waals surface area contributed by atoms with Crippen LogP contribution in [0.1, 0.15) is 12.5 Å². The van der Waals surface area contributed by atoms with E-state index >= 15 is 0 Å². The summed E-state index contributed by atoms with van der Waals surface area (Å²) in [6.07, 6.45) is 0. The maximum atomic E-state index is 13.1. The first-order chi connectivity index (χ1) is 12.7. The quantitative estimate of drug-likeness (QED) is 0.771. The molecule has 26 heavy (non-hydrogen) atoms. The Kier molecular flexibility index (Phi) is 5.78. The van der Waals surface area contributed by atoms with E-state index in [4.69, 9.17) is 14.2 Å². The van der Waals surface area contributed by atoms with Gasteiger partial charge in [-0.3, -0.25) is 0 Å². The molecule has 0 spiro atoms. The van der Waals surface area contributed by atoms with Crippen molar-refractivity contribution in [2.45, 2.75) is 13.5 Å². The Morgan fingerprint density at radius 3 is 2.88 bits per heavy atom. The number of urea groups is 1. The summed E-state index contributed by atoms with van der Waals surface area (Å²) in [5.74, 6) is 1.50. The van der Waals surface area contributed by atoms with Crippen LogP contribution in [0.4, 0.5) is 9.18 Å². The number of hydrogen-bond acceptors (Lipinski definition) is 4. The third-order valence-electron chi connectivity index (χ3n) is 3.92. The van der Waals surface area contributed by atoms with E-state index in [0.29, 0.717) is 31.1 Å². The molecule has 0 atom stereocenters. The molecule has 138 valence electrons. The Morgan fingerprint density at radius 1 is 1.23 bits per heavy atom. The summed E-state index contributed by atoms with van der Waals surface area (Å²) in [6, 6.07) is 11.4. The van der Waals surface area contributed by atoms with Gasteiger partial charge in [0, 0.05) is 19.2 Å². The number of amides is 2. The lowest BCUT2D eigenvalue weighted by atomic mass is 10.2. The van der Waals surface area contributed by atoms with E-state index in [-0.39, 0.29) is 25.2 Å². The summed E-state index contributed by atoms with van der Waals surface area (Å²) in [7, 11) is 0. The van der Waals surface area contributed by atoms with Gasteiger partial charge in [0.25, 0.3) is 0 Å². The maximum absolute atomic E-state index is 13.1. The van der Waals surface area contributed by atoms with Crippen LogP contribution in [-0.4, -0.2) is 37.4 Å². The van der Waals surface area contributed by atoms with Crippen molar-refractivity contribution in [3.8, 4) is 17.2 Å². The Hall–Kier alpha value is -2.96. The Balaban J connectivity index is 1.46. The van der Waals surface area contributed by atoms with Crippen LogP contribution in [0.15, 0.2) is 42.5 Å². The van der Waals surface area contributed by atoms with Crippen molar-refractivity contribution in [3.05, 3.63) is 53.8 Å². The molecule has 6 nitrogen and oxygen atoms in total. The molecular weight excluding hydrogens is 339 g/mol. The molecule has 0 saturated carbocycles. The van der Waals surface area contributed by atoms with E-state index in [0.717, 1.165) is 11.3 Å². The normalized spacial score (nSPS) is 11.9. The van der Waals surface area contributed by atoms with E-state index in [1.54, 1.807) is 17.0 Å². The predicted molar refractivity (Wildman–Crippen MR) is 93.9 cm³/mol. The monoisotopic (exact) mass is 360 g/mol. The van der Waals surface area contributed by atoms with Gasteiger partial charge in [-0.2, -0.15) is 0 Å². The highest BCUT2D eigenvalue weighted by Gasteiger charge is 2.16. The number of benzene rings is 2. The molecule has 0 saturated heterocycles. The fourth-order valence-electron chi connectivity index (χ4n) is 2.58. The van der Waals surface area contributed by atoms with E-state index in [2.05, 4.69) is 5.32 Å². The molecule has 1 aliphatic heterocycles. The molecule has 0 unspecified atom stereocenters. The van der Waals surface area contributed by atoms with Gasteiger partial charge < -0.3 is 24.4 Å². The van der Waals surface area contributed by atoms with Crippen molar-refractivity contribution in [1.29, 1.82) is 0 Å². The van der Waals surface area contributed by atoms with Crippen LogP contribution in [0.25, 0.3) is 0 Å². The second-order valence-corrected chi connectivity index (χ2v) is 5.74. The maximum Gasteiger partial charge on any atom is 0.317 e. The third-order valence-corrected chi connectivity index (χ3v) is 3.92. The van der Waals surface area contributed by atoms with Crippen molar-refractivity contribution < 1.29 is 23.4 Å². The largest absolute Gasteiger partial charge is 0.492 e. The molecule has 2 aromatic rings. The lowest BCUT2D eigenvalue weighted by Crippen LogP contribution is -2.41. The third kappa shape index (κ3) is 4.56. The smallest absolute Gasteiger partial charge is 0.317 e. The predicted octanol–water partition coefficient (Wildman–Crippen LogP) is 3.16. The van der Waals surface area contributed by atoms with Crippen molar-refractivity contribution in [3.63, 3.8) is 0 Å².